The molecule has 6 aromatic rings. The fourth-order valence-corrected chi connectivity index (χ4v) is 7.11. The molecule has 265 valence electrons. The van der Waals surface area contributed by atoms with Crippen molar-refractivity contribution >= 4 is 49.1 Å². The minimum absolute atomic E-state index is 0. The van der Waals surface area contributed by atoms with Gasteiger partial charge in [0.25, 0.3) is 0 Å². The molecule has 0 amide bonds. The summed E-state index contributed by atoms with van der Waals surface area (Å²) in [6.07, 6.45) is 8.16. The zero-order valence-electron chi connectivity index (χ0n) is 30.7. The maximum absolute atomic E-state index is 12.2. The molecule has 0 saturated heterocycles. The summed E-state index contributed by atoms with van der Waals surface area (Å²) in [7, 11) is 0. The van der Waals surface area contributed by atoms with Crippen LogP contribution in [0.3, 0.4) is 0 Å². The predicted molar refractivity (Wildman–Crippen MR) is 206 cm³/mol. The predicted octanol–water partition coefficient (Wildman–Crippen LogP) is 12.7. The Hall–Kier alpha value is -3.64. The number of carbonyl (C=O) groups is 1. The number of benzene rings is 3. The third-order valence-corrected chi connectivity index (χ3v) is 11.6. The number of aliphatic hydroxyl groups is 1. The molecule has 6 rings (SSSR count). The molecule has 1 N–H and O–H groups in total. The van der Waals surface area contributed by atoms with Crippen molar-refractivity contribution in [2.45, 2.75) is 93.4 Å². The van der Waals surface area contributed by atoms with E-state index in [1.807, 2.05) is 59.7 Å². The third-order valence-electron chi connectivity index (χ3n) is 10.5. The molecule has 1 radical (unpaired) electrons. The van der Waals surface area contributed by atoms with Gasteiger partial charge in [-0.15, -0.1) is 40.5 Å². The quantitative estimate of drug-likeness (QED) is 0.0890. The third kappa shape index (κ3) is 7.81. The van der Waals surface area contributed by atoms with E-state index in [1.165, 1.54) is 17.0 Å². The Morgan fingerprint density at radius 3 is 2.18 bits per heavy atom. The topological polar surface area (TPSA) is 76.2 Å². The van der Waals surface area contributed by atoms with E-state index in [0.29, 0.717) is 0 Å². The van der Waals surface area contributed by atoms with Gasteiger partial charge in [0.05, 0.1) is 6.26 Å². The summed E-state index contributed by atoms with van der Waals surface area (Å²) in [5.74, 6) is 0.286. The van der Waals surface area contributed by atoms with Crippen molar-refractivity contribution in [1.82, 2.24) is 9.97 Å². The van der Waals surface area contributed by atoms with Crippen molar-refractivity contribution in [2.24, 2.45) is 10.8 Å². The molecule has 3 aromatic carbocycles. The molecule has 0 aliphatic rings. The Balaban J connectivity index is 0.000000269. The fraction of sp³-hybridized carbons (Fsp3) is 0.372. The number of rotatable bonds is 9. The average molecular weight is 866 g/mol. The molecule has 5 nitrogen and oxygen atoms in total. The van der Waals surface area contributed by atoms with Crippen LogP contribution in [-0.4, -0.2) is 20.9 Å². The molecule has 0 bridgehead atoms. The number of furan rings is 1. The fourth-order valence-electron chi connectivity index (χ4n) is 6.07. The normalized spacial score (nSPS) is 12.5. The number of thiophene rings is 1. The molecule has 50 heavy (non-hydrogen) atoms. The summed E-state index contributed by atoms with van der Waals surface area (Å²) in [6, 6.07) is 24.7. The molecule has 7 heteroatoms. The minimum atomic E-state index is -0.337. The number of aliphatic hydroxyl groups excluding tert-OH is 1. The van der Waals surface area contributed by atoms with Gasteiger partial charge in [-0.05, 0) is 49.3 Å². The molecule has 0 fully saturated rings. The summed E-state index contributed by atoms with van der Waals surface area (Å²) >= 11 is 1.68. The molecule has 0 aliphatic heterocycles. The molecule has 3 heterocycles. The standard InChI is InChI=1S/C28H21N2OS.C15H28O2.Ir/c1-28(2,3)23-14-18(13-17-7-4-5-8-19(17)23)26-22-15-25(32-27(22)30-16-29-26)21-9-6-10-24-20(21)11-12-31-24;1-7-14(5,8-2)12(16)11-13(17)15(6,9-3)10-4;/h4-12,14-16H,1-3H3;11,16H,7-10H2,1-6H3;/q-1;;/b;12-11-;. The summed E-state index contributed by atoms with van der Waals surface area (Å²) in [5.41, 5.74) is 4.68. The van der Waals surface area contributed by atoms with E-state index in [2.05, 4.69) is 74.3 Å². The number of carbonyl (C=O) groups excluding carboxylic acids is 1. The molecular weight excluding hydrogens is 817 g/mol. The van der Waals surface area contributed by atoms with Crippen LogP contribution < -0.4 is 0 Å². The smallest absolute Gasteiger partial charge is 0.164 e. The van der Waals surface area contributed by atoms with Crippen LogP contribution in [0.15, 0.2) is 89.5 Å². The largest absolute Gasteiger partial charge is 0.512 e. The van der Waals surface area contributed by atoms with E-state index in [4.69, 9.17) is 9.40 Å². The van der Waals surface area contributed by atoms with Crippen LogP contribution in [0.25, 0.3) is 53.7 Å². The van der Waals surface area contributed by atoms with Crippen LogP contribution in [0.1, 0.15) is 93.6 Å². The second-order valence-corrected chi connectivity index (χ2v) is 15.5. The zero-order valence-corrected chi connectivity index (χ0v) is 33.9. The SMILES string of the molecule is CC(C)(C)c1cc(-c2ncnc3sc(-c4cccc5occc45)cc23)[c-]c2ccccc12.CCC(C)(CC)C(=O)/C=C(\O)C(C)(CC)CC.[Ir]. The Bertz CT molecular complexity index is 2130. The molecule has 0 spiro atoms. The summed E-state index contributed by atoms with van der Waals surface area (Å²) in [4.78, 5) is 23.6. The number of aromatic nitrogens is 2. The molecule has 3 aromatic heterocycles. The monoisotopic (exact) mass is 866 g/mol. The number of allylic oxidation sites excluding steroid dienone is 2. The van der Waals surface area contributed by atoms with Crippen LogP contribution in [0.5, 0.6) is 0 Å². The van der Waals surface area contributed by atoms with Gasteiger partial charge in [0.2, 0.25) is 0 Å². The number of ketones is 1. The van der Waals surface area contributed by atoms with E-state index in [1.54, 1.807) is 23.9 Å². The second kappa shape index (κ2) is 15.7. The number of fused-ring (bicyclic) bond motifs is 3. The van der Waals surface area contributed by atoms with Gasteiger partial charge in [-0.3, -0.25) is 9.78 Å². The van der Waals surface area contributed by atoms with Crippen molar-refractivity contribution in [3.63, 3.8) is 0 Å². The molecular formula is C43H49IrN2O3S-. The van der Waals surface area contributed by atoms with E-state index in [0.717, 1.165) is 74.0 Å². The Labute approximate surface area is 314 Å². The Morgan fingerprint density at radius 1 is 0.840 bits per heavy atom. The maximum atomic E-state index is 12.2. The Kier molecular flexibility index (Phi) is 12.3. The van der Waals surface area contributed by atoms with Crippen LogP contribution in [0.4, 0.5) is 0 Å². The zero-order chi connectivity index (χ0) is 35.6. The van der Waals surface area contributed by atoms with E-state index >= 15 is 0 Å². The van der Waals surface area contributed by atoms with Crippen molar-refractivity contribution in [1.29, 1.82) is 0 Å². The van der Waals surface area contributed by atoms with Gasteiger partial charge < -0.3 is 9.52 Å². The van der Waals surface area contributed by atoms with Gasteiger partial charge in [0.1, 0.15) is 22.5 Å². The van der Waals surface area contributed by atoms with E-state index < -0.39 is 0 Å². The van der Waals surface area contributed by atoms with E-state index in [-0.39, 0.29) is 47.9 Å². The second-order valence-electron chi connectivity index (χ2n) is 14.5. The van der Waals surface area contributed by atoms with Crippen LogP contribution in [-0.2, 0) is 30.3 Å². The molecule has 0 atom stereocenters. The summed E-state index contributed by atoms with van der Waals surface area (Å²) < 4.78 is 5.60. The average Bonchev–Trinajstić information content (AvgIpc) is 3.78. The summed E-state index contributed by atoms with van der Waals surface area (Å²) in [6.45, 7) is 18.8. The van der Waals surface area contributed by atoms with Crippen molar-refractivity contribution < 1.29 is 34.4 Å². The first-order chi connectivity index (χ1) is 23.3. The van der Waals surface area contributed by atoms with E-state index in [9.17, 15) is 9.90 Å². The summed E-state index contributed by atoms with van der Waals surface area (Å²) in [5, 5.41) is 14.7. The number of hydrogen-bond acceptors (Lipinski definition) is 6. The van der Waals surface area contributed by atoms with Gasteiger partial charge in [0.15, 0.2) is 5.78 Å². The first kappa shape index (κ1) is 39.2. The molecule has 0 unspecified atom stereocenters. The molecule has 0 saturated carbocycles. The van der Waals surface area contributed by atoms with Gasteiger partial charge in [-0.2, -0.15) is 0 Å². The first-order valence-electron chi connectivity index (χ1n) is 17.4. The van der Waals surface area contributed by atoms with Gasteiger partial charge in [0, 0.05) is 63.9 Å². The maximum Gasteiger partial charge on any atom is 0.164 e. The number of nitrogens with zero attached hydrogens (tertiary/aromatic N) is 2. The van der Waals surface area contributed by atoms with Gasteiger partial charge >= 0.3 is 0 Å². The number of hydrogen-bond donors (Lipinski definition) is 1. The minimum Gasteiger partial charge on any atom is -0.512 e. The van der Waals surface area contributed by atoms with Crippen molar-refractivity contribution in [3.8, 4) is 21.7 Å². The molecule has 0 aliphatic carbocycles. The van der Waals surface area contributed by atoms with Crippen LogP contribution >= 0.6 is 11.3 Å². The van der Waals surface area contributed by atoms with Crippen molar-refractivity contribution in [3.05, 3.63) is 96.7 Å². The van der Waals surface area contributed by atoms with Crippen LogP contribution in [0.2, 0.25) is 0 Å². The van der Waals surface area contributed by atoms with Gasteiger partial charge in [-0.25, -0.2) is 4.98 Å². The Morgan fingerprint density at radius 2 is 1.52 bits per heavy atom. The first-order valence-corrected chi connectivity index (χ1v) is 18.2. The van der Waals surface area contributed by atoms with Gasteiger partial charge in [-0.1, -0.05) is 104 Å². The van der Waals surface area contributed by atoms with Crippen LogP contribution in [0, 0.1) is 16.9 Å². The van der Waals surface area contributed by atoms with Crippen molar-refractivity contribution in [2.75, 3.05) is 0 Å².